The van der Waals surface area contributed by atoms with Gasteiger partial charge in [0.15, 0.2) is 0 Å². The molecule has 1 atom stereocenters. The van der Waals surface area contributed by atoms with Gasteiger partial charge in [0.1, 0.15) is 11.5 Å². The van der Waals surface area contributed by atoms with Crippen LogP contribution in [0.25, 0.3) is 0 Å². The SMILES string of the molecule is CC1(C)CCCC(=O)C1(C)c1ccc(O)cc1. The summed E-state index contributed by atoms with van der Waals surface area (Å²) in [5, 5.41) is 9.35. The summed E-state index contributed by atoms with van der Waals surface area (Å²) in [5.74, 6) is 0.567. The number of phenolic OH excluding ortho intramolecular Hbond substituents is 1. The van der Waals surface area contributed by atoms with Gasteiger partial charge in [-0.1, -0.05) is 26.0 Å². The number of aromatic hydroxyl groups is 1. The molecule has 0 heterocycles. The van der Waals surface area contributed by atoms with Crippen LogP contribution in [-0.4, -0.2) is 10.9 Å². The van der Waals surface area contributed by atoms with Crippen LogP contribution in [0.3, 0.4) is 0 Å². The van der Waals surface area contributed by atoms with Gasteiger partial charge in [0.2, 0.25) is 0 Å². The molecule has 2 heteroatoms. The molecule has 1 aliphatic carbocycles. The summed E-state index contributed by atoms with van der Waals surface area (Å²) in [4.78, 5) is 12.4. The number of hydrogen-bond donors (Lipinski definition) is 1. The molecule has 1 N–H and O–H groups in total. The van der Waals surface area contributed by atoms with Gasteiger partial charge in [-0.05, 0) is 42.9 Å². The highest BCUT2D eigenvalue weighted by Gasteiger charge is 2.49. The van der Waals surface area contributed by atoms with E-state index in [0.29, 0.717) is 12.2 Å². The van der Waals surface area contributed by atoms with Gasteiger partial charge in [-0.3, -0.25) is 4.79 Å². The molecule has 2 rings (SSSR count). The van der Waals surface area contributed by atoms with Crippen molar-refractivity contribution in [2.24, 2.45) is 5.41 Å². The molecule has 92 valence electrons. The van der Waals surface area contributed by atoms with Gasteiger partial charge in [-0.25, -0.2) is 0 Å². The lowest BCUT2D eigenvalue weighted by Crippen LogP contribution is -2.49. The Kier molecular flexibility index (Phi) is 2.76. The van der Waals surface area contributed by atoms with Crippen LogP contribution >= 0.6 is 0 Å². The van der Waals surface area contributed by atoms with E-state index in [2.05, 4.69) is 13.8 Å². The van der Waals surface area contributed by atoms with E-state index in [9.17, 15) is 9.90 Å². The zero-order valence-electron chi connectivity index (χ0n) is 10.8. The Balaban J connectivity index is 2.51. The van der Waals surface area contributed by atoms with E-state index in [0.717, 1.165) is 18.4 Å². The van der Waals surface area contributed by atoms with Crippen molar-refractivity contribution in [3.63, 3.8) is 0 Å². The van der Waals surface area contributed by atoms with E-state index in [-0.39, 0.29) is 11.2 Å². The molecule has 0 radical (unpaired) electrons. The largest absolute Gasteiger partial charge is 0.508 e. The Hall–Kier alpha value is -1.31. The summed E-state index contributed by atoms with van der Waals surface area (Å²) in [6.45, 7) is 6.37. The number of phenols is 1. The molecule has 1 aliphatic rings. The molecule has 17 heavy (non-hydrogen) atoms. The predicted octanol–water partition coefficient (Wildman–Crippen LogP) is 3.43. The number of Topliss-reactive ketones (excluding diaryl/α,β-unsaturated/α-hetero) is 1. The van der Waals surface area contributed by atoms with Crippen LogP contribution in [0.5, 0.6) is 5.75 Å². The molecule has 0 saturated heterocycles. The van der Waals surface area contributed by atoms with E-state index >= 15 is 0 Å². The molecular formula is C15H20O2. The van der Waals surface area contributed by atoms with E-state index in [1.807, 2.05) is 19.1 Å². The summed E-state index contributed by atoms with van der Waals surface area (Å²) >= 11 is 0. The van der Waals surface area contributed by atoms with Crippen LogP contribution in [0, 0.1) is 5.41 Å². The highest BCUT2D eigenvalue weighted by atomic mass is 16.3. The van der Waals surface area contributed by atoms with Crippen LogP contribution in [0.15, 0.2) is 24.3 Å². The minimum Gasteiger partial charge on any atom is -0.508 e. The fourth-order valence-corrected chi connectivity index (χ4v) is 2.91. The van der Waals surface area contributed by atoms with Crippen molar-refractivity contribution in [3.05, 3.63) is 29.8 Å². The number of benzene rings is 1. The molecule has 1 aromatic carbocycles. The number of hydrogen-bond acceptors (Lipinski definition) is 2. The average Bonchev–Trinajstić information content (AvgIpc) is 2.26. The second kappa shape index (κ2) is 3.86. The Morgan fingerprint density at radius 1 is 1.12 bits per heavy atom. The maximum absolute atomic E-state index is 12.4. The van der Waals surface area contributed by atoms with Gasteiger partial charge in [-0.15, -0.1) is 0 Å². The van der Waals surface area contributed by atoms with E-state index < -0.39 is 5.41 Å². The van der Waals surface area contributed by atoms with E-state index in [1.165, 1.54) is 0 Å². The third-order valence-corrected chi connectivity index (χ3v) is 4.56. The standard InChI is InChI=1S/C15H20O2/c1-14(2)10-4-5-13(17)15(14,3)11-6-8-12(16)9-7-11/h6-9,16H,4-5,10H2,1-3H3. The van der Waals surface area contributed by atoms with E-state index in [1.54, 1.807) is 12.1 Å². The second-order valence-corrected chi connectivity index (χ2v) is 5.83. The summed E-state index contributed by atoms with van der Waals surface area (Å²) in [6.07, 6.45) is 2.72. The van der Waals surface area contributed by atoms with Crippen molar-refractivity contribution < 1.29 is 9.90 Å². The molecule has 1 fully saturated rings. The zero-order valence-corrected chi connectivity index (χ0v) is 10.8. The van der Waals surface area contributed by atoms with Gasteiger partial charge in [0, 0.05) is 6.42 Å². The normalized spacial score (nSPS) is 28.1. The van der Waals surface area contributed by atoms with Crippen molar-refractivity contribution >= 4 is 5.78 Å². The first-order valence-corrected chi connectivity index (χ1v) is 6.21. The highest BCUT2D eigenvalue weighted by molar-refractivity contribution is 5.91. The number of carbonyl (C=O) groups excluding carboxylic acids is 1. The van der Waals surface area contributed by atoms with Gasteiger partial charge in [0.25, 0.3) is 0 Å². The molecule has 0 bridgehead atoms. The molecule has 1 aromatic rings. The molecule has 0 aliphatic heterocycles. The maximum Gasteiger partial charge on any atom is 0.143 e. The number of ketones is 1. The minimum atomic E-state index is -0.432. The molecule has 0 aromatic heterocycles. The minimum absolute atomic E-state index is 0.0285. The lowest BCUT2D eigenvalue weighted by atomic mass is 9.55. The van der Waals surface area contributed by atoms with Gasteiger partial charge in [-0.2, -0.15) is 0 Å². The Labute approximate surface area is 103 Å². The number of rotatable bonds is 1. The average molecular weight is 232 g/mol. The fourth-order valence-electron chi connectivity index (χ4n) is 2.91. The second-order valence-electron chi connectivity index (χ2n) is 5.83. The molecule has 1 saturated carbocycles. The van der Waals surface area contributed by atoms with Crippen molar-refractivity contribution in [2.75, 3.05) is 0 Å². The van der Waals surface area contributed by atoms with Crippen LogP contribution < -0.4 is 0 Å². The zero-order chi connectivity index (χ0) is 12.7. The Morgan fingerprint density at radius 3 is 2.24 bits per heavy atom. The lowest BCUT2D eigenvalue weighted by Gasteiger charge is -2.47. The summed E-state index contributed by atoms with van der Waals surface area (Å²) in [7, 11) is 0. The van der Waals surface area contributed by atoms with Gasteiger partial charge >= 0.3 is 0 Å². The summed E-state index contributed by atoms with van der Waals surface area (Å²) < 4.78 is 0. The van der Waals surface area contributed by atoms with Crippen molar-refractivity contribution in [2.45, 2.75) is 45.4 Å². The van der Waals surface area contributed by atoms with Crippen LogP contribution in [0.1, 0.15) is 45.6 Å². The van der Waals surface area contributed by atoms with Gasteiger partial charge < -0.3 is 5.11 Å². The van der Waals surface area contributed by atoms with Crippen molar-refractivity contribution in [1.29, 1.82) is 0 Å². The summed E-state index contributed by atoms with van der Waals surface area (Å²) in [5.41, 5.74) is 0.558. The van der Waals surface area contributed by atoms with Crippen LogP contribution in [-0.2, 0) is 10.2 Å². The first kappa shape index (κ1) is 12.2. The summed E-state index contributed by atoms with van der Waals surface area (Å²) in [6, 6.07) is 7.08. The number of carbonyl (C=O) groups is 1. The van der Waals surface area contributed by atoms with Crippen LogP contribution in [0.4, 0.5) is 0 Å². The third-order valence-electron chi connectivity index (χ3n) is 4.56. The fraction of sp³-hybridized carbons (Fsp3) is 0.533. The highest BCUT2D eigenvalue weighted by Crippen LogP contribution is 2.49. The lowest BCUT2D eigenvalue weighted by molar-refractivity contribution is -0.131. The predicted molar refractivity (Wildman–Crippen MR) is 68.1 cm³/mol. The first-order chi connectivity index (χ1) is 7.88. The molecular weight excluding hydrogens is 212 g/mol. The first-order valence-electron chi connectivity index (χ1n) is 6.21. The topological polar surface area (TPSA) is 37.3 Å². The molecule has 0 spiro atoms. The van der Waals surface area contributed by atoms with Crippen molar-refractivity contribution in [1.82, 2.24) is 0 Å². The molecule has 0 amide bonds. The molecule has 1 unspecified atom stereocenters. The quantitative estimate of drug-likeness (QED) is 0.805. The maximum atomic E-state index is 12.4. The third kappa shape index (κ3) is 1.76. The Bertz CT molecular complexity index is 431. The van der Waals surface area contributed by atoms with Crippen LogP contribution in [0.2, 0.25) is 0 Å². The monoisotopic (exact) mass is 232 g/mol. The smallest absolute Gasteiger partial charge is 0.143 e. The van der Waals surface area contributed by atoms with Gasteiger partial charge in [0.05, 0.1) is 5.41 Å². The molecule has 2 nitrogen and oxygen atoms in total. The van der Waals surface area contributed by atoms with Crippen molar-refractivity contribution in [3.8, 4) is 5.75 Å². The van der Waals surface area contributed by atoms with E-state index in [4.69, 9.17) is 0 Å². The Morgan fingerprint density at radius 2 is 1.71 bits per heavy atom.